The van der Waals surface area contributed by atoms with E-state index in [-0.39, 0.29) is 12.4 Å². The Morgan fingerprint density at radius 2 is 1.67 bits per heavy atom. The van der Waals surface area contributed by atoms with Gasteiger partial charge < -0.3 is 10.5 Å². The molecule has 0 unspecified atom stereocenters. The first-order valence-electron chi connectivity index (χ1n) is 3.00. The van der Waals surface area contributed by atoms with Crippen molar-refractivity contribution in [2.45, 2.75) is 0 Å². The number of nitrogens with one attached hydrogen (secondary N) is 1. The Labute approximate surface area is 86.5 Å². The van der Waals surface area contributed by atoms with E-state index in [1.54, 1.807) is 0 Å². The van der Waals surface area contributed by atoms with Crippen molar-refractivity contribution in [3.63, 3.8) is 0 Å². The van der Waals surface area contributed by atoms with Crippen molar-refractivity contribution in [3.8, 4) is 0 Å². The van der Waals surface area contributed by atoms with Crippen molar-refractivity contribution in [1.29, 1.82) is 0 Å². The van der Waals surface area contributed by atoms with Gasteiger partial charge in [-0.05, 0) is 24.3 Å². The van der Waals surface area contributed by atoms with E-state index in [9.17, 15) is 0 Å². The lowest BCUT2D eigenvalue weighted by Gasteiger charge is -1.96. The van der Waals surface area contributed by atoms with Crippen LogP contribution in [-0.2, 0) is 0 Å². The Balaban J connectivity index is 0. The number of hydrogen-bond acceptors (Lipinski definition) is 3. The van der Waals surface area contributed by atoms with E-state index < -0.39 is 0 Å². The lowest BCUT2D eigenvalue weighted by Crippen LogP contribution is -2.05. The third-order valence-corrected chi connectivity index (χ3v) is 1.54. The van der Waals surface area contributed by atoms with Gasteiger partial charge in [-0.1, -0.05) is 15.9 Å². The predicted octanol–water partition coefficient (Wildman–Crippen LogP) is 1.76. The minimum absolute atomic E-state index is 0. The number of aliphatic hydroxyl groups excluding tert-OH is 1. The Morgan fingerprint density at radius 3 is 2.00 bits per heavy atom. The molecule has 0 saturated carbocycles. The maximum atomic E-state index is 7.00. The van der Waals surface area contributed by atoms with Crippen molar-refractivity contribution >= 4 is 34.0 Å². The van der Waals surface area contributed by atoms with Gasteiger partial charge in [0, 0.05) is 17.3 Å². The Hall–Kier alpha value is -0.290. The zero-order chi connectivity index (χ0) is 8.69. The van der Waals surface area contributed by atoms with Crippen molar-refractivity contribution < 1.29 is 5.11 Å². The zero-order valence-electron chi connectivity index (χ0n) is 6.62. The summed E-state index contributed by atoms with van der Waals surface area (Å²) < 4.78 is 1.06. The lowest BCUT2D eigenvalue weighted by atomic mass is 10.3. The molecular weight excluding hydrogens is 243 g/mol. The molecule has 1 aromatic carbocycles. The summed E-state index contributed by atoms with van der Waals surface area (Å²) in [5.41, 5.74) is 3.45. The summed E-state index contributed by atoms with van der Waals surface area (Å²) in [5.74, 6) is 5.13. The number of anilines is 1. The molecule has 0 aliphatic rings. The third-order valence-electron chi connectivity index (χ3n) is 1.01. The number of aliphatic hydroxyl groups is 1. The van der Waals surface area contributed by atoms with E-state index in [2.05, 4.69) is 21.4 Å². The fraction of sp³-hybridized carbons (Fsp3) is 0.143. The summed E-state index contributed by atoms with van der Waals surface area (Å²) in [4.78, 5) is 0. The van der Waals surface area contributed by atoms with E-state index in [4.69, 9.17) is 10.9 Å². The average molecular weight is 256 g/mol. The molecule has 1 aromatic rings. The molecule has 0 amide bonds. The lowest BCUT2D eigenvalue weighted by molar-refractivity contribution is 0.399. The standard InChI is InChI=1S/C6H7BrN2.CH4O.ClH/c7-5-1-3-6(9-8)4-2-5;1-2;/h1-4,9H,8H2;2H,1H3;1H. The largest absolute Gasteiger partial charge is 0.400 e. The van der Waals surface area contributed by atoms with Crippen LogP contribution in [0.25, 0.3) is 0 Å². The number of nitrogens with two attached hydrogens (primary N) is 1. The fourth-order valence-corrected chi connectivity index (χ4v) is 0.810. The van der Waals surface area contributed by atoms with Gasteiger partial charge in [-0.15, -0.1) is 12.4 Å². The molecule has 0 fully saturated rings. The molecule has 0 heterocycles. The van der Waals surface area contributed by atoms with Crippen LogP contribution in [0, 0.1) is 0 Å². The van der Waals surface area contributed by atoms with Gasteiger partial charge in [0.15, 0.2) is 0 Å². The number of hydrogen-bond donors (Lipinski definition) is 3. The highest BCUT2D eigenvalue weighted by molar-refractivity contribution is 9.10. The van der Waals surface area contributed by atoms with Gasteiger partial charge in [-0.3, -0.25) is 5.84 Å². The van der Waals surface area contributed by atoms with Crippen molar-refractivity contribution in [2.75, 3.05) is 12.5 Å². The average Bonchev–Trinajstić information content (AvgIpc) is 2.10. The number of hydrazine groups is 1. The SMILES string of the molecule is CO.Cl.NNc1ccc(Br)cc1. The molecular formula is C7H12BrClN2O. The molecule has 0 radical (unpaired) electrons. The highest BCUT2D eigenvalue weighted by Crippen LogP contribution is 2.12. The highest BCUT2D eigenvalue weighted by Gasteiger charge is 1.85. The third kappa shape index (κ3) is 5.37. The van der Waals surface area contributed by atoms with Crippen LogP contribution in [0.3, 0.4) is 0 Å². The van der Waals surface area contributed by atoms with Crippen LogP contribution in [-0.4, -0.2) is 12.2 Å². The molecule has 70 valence electrons. The minimum Gasteiger partial charge on any atom is -0.400 e. The summed E-state index contributed by atoms with van der Waals surface area (Å²) in [6, 6.07) is 7.64. The summed E-state index contributed by atoms with van der Waals surface area (Å²) in [6.45, 7) is 0. The van der Waals surface area contributed by atoms with Crippen LogP contribution in [0.1, 0.15) is 0 Å². The number of rotatable bonds is 1. The van der Waals surface area contributed by atoms with Gasteiger partial charge in [0.2, 0.25) is 0 Å². The van der Waals surface area contributed by atoms with Gasteiger partial charge in [0.1, 0.15) is 0 Å². The maximum absolute atomic E-state index is 7.00. The first-order valence-corrected chi connectivity index (χ1v) is 3.79. The van der Waals surface area contributed by atoms with Gasteiger partial charge in [0.05, 0.1) is 0 Å². The van der Waals surface area contributed by atoms with Gasteiger partial charge >= 0.3 is 0 Å². The topological polar surface area (TPSA) is 58.3 Å². The first-order chi connectivity index (χ1) is 5.33. The molecule has 5 heteroatoms. The normalized spacial score (nSPS) is 7.33. The van der Waals surface area contributed by atoms with Crippen LogP contribution in [0.15, 0.2) is 28.7 Å². The molecule has 0 spiro atoms. The summed E-state index contributed by atoms with van der Waals surface area (Å²) in [5, 5.41) is 7.00. The molecule has 0 aliphatic carbocycles. The molecule has 0 bridgehead atoms. The fourth-order valence-electron chi connectivity index (χ4n) is 0.546. The Bertz CT molecular complexity index is 193. The van der Waals surface area contributed by atoms with E-state index in [1.807, 2.05) is 24.3 Å². The maximum Gasteiger partial charge on any atom is 0.0485 e. The smallest absolute Gasteiger partial charge is 0.0485 e. The molecule has 0 aromatic heterocycles. The molecule has 0 aliphatic heterocycles. The quantitative estimate of drug-likeness (QED) is 0.529. The molecule has 3 nitrogen and oxygen atoms in total. The van der Waals surface area contributed by atoms with Gasteiger partial charge in [-0.25, -0.2) is 0 Å². The van der Waals surface area contributed by atoms with Crippen LogP contribution in [0.4, 0.5) is 5.69 Å². The first kappa shape index (κ1) is 14.2. The molecule has 0 atom stereocenters. The van der Waals surface area contributed by atoms with Crippen LogP contribution in [0.2, 0.25) is 0 Å². The van der Waals surface area contributed by atoms with Crippen LogP contribution < -0.4 is 11.3 Å². The summed E-state index contributed by atoms with van der Waals surface area (Å²) >= 11 is 3.31. The Kier molecular flexibility index (Phi) is 10.5. The van der Waals surface area contributed by atoms with Gasteiger partial charge in [-0.2, -0.15) is 0 Å². The summed E-state index contributed by atoms with van der Waals surface area (Å²) in [7, 11) is 1.00. The number of nitrogen functional groups attached to an aromatic ring is 1. The molecule has 1 rings (SSSR count). The van der Waals surface area contributed by atoms with Crippen molar-refractivity contribution in [1.82, 2.24) is 0 Å². The number of benzene rings is 1. The summed E-state index contributed by atoms with van der Waals surface area (Å²) in [6.07, 6.45) is 0. The van der Waals surface area contributed by atoms with Crippen LogP contribution >= 0.6 is 28.3 Å². The van der Waals surface area contributed by atoms with E-state index in [0.717, 1.165) is 17.3 Å². The number of halogens is 2. The van der Waals surface area contributed by atoms with Crippen LogP contribution in [0.5, 0.6) is 0 Å². The predicted molar refractivity (Wildman–Crippen MR) is 57.3 cm³/mol. The Morgan fingerprint density at radius 1 is 1.25 bits per heavy atom. The van der Waals surface area contributed by atoms with Gasteiger partial charge in [0.25, 0.3) is 0 Å². The van der Waals surface area contributed by atoms with Crippen molar-refractivity contribution in [2.24, 2.45) is 5.84 Å². The minimum atomic E-state index is 0. The molecule has 0 saturated heterocycles. The highest BCUT2D eigenvalue weighted by atomic mass is 79.9. The van der Waals surface area contributed by atoms with Crippen molar-refractivity contribution in [3.05, 3.63) is 28.7 Å². The second-order valence-corrected chi connectivity index (χ2v) is 2.57. The van der Waals surface area contributed by atoms with E-state index in [0.29, 0.717) is 0 Å². The van der Waals surface area contributed by atoms with E-state index >= 15 is 0 Å². The zero-order valence-corrected chi connectivity index (χ0v) is 9.02. The molecule has 4 N–H and O–H groups in total. The second-order valence-electron chi connectivity index (χ2n) is 1.65. The second kappa shape index (κ2) is 8.80. The molecule has 12 heavy (non-hydrogen) atoms. The monoisotopic (exact) mass is 254 g/mol. The van der Waals surface area contributed by atoms with E-state index in [1.165, 1.54) is 0 Å².